The summed E-state index contributed by atoms with van der Waals surface area (Å²) in [5.74, 6) is 0. The summed E-state index contributed by atoms with van der Waals surface area (Å²) in [6.45, 7) is 7.05. The van der Waals surface area contributed by atoms with E-state index in [-0.39, 0.29) is 0 Å². The molecule has 0 fully saturated rings. The maximum atomic E-state index is 11.6. The first kappa shape index (κ1) is 12.5. The first-order valence-electron chi connectivity index (χ1n) is 5.09. The van der Waals surface area contributed by atoms with Gasteiger partial charge in [-0.3, -0.25) is 5.21 Å². The fourth-order valence-corrected chi connectivity index (χ4v) is 1.20. The number of benzene rings is 1. The highest BCUT2D eigenvalue weighted by atomic mass is 16.6. The van der Waals surface area contributed by atoms with Crippen molar-refractivity contribution in [3.05, 3.63) is 29.8 Å². The minimum Gasteiger partial charge on any atom is -0.442 e. The van der Waals surface area contributed by atoms with Crippen molar-refractivity contribution in [2.45, 2.75) is 33.3 Å². The van der Waals surface area contributed by atoms with Gasteiger partial charge >= 0.3 is 6.09 Å². The topological polar surface area (TPSA) is 49.8 Å². The van der Waals surface area contributed by atoms with E-state index in [1.54, 1.807) is 32.9 Å². The summed E-state index contributed by atoms with van der Waals surface area (Å²) in [5.41, 5.74) is 0.605. The zero-order chi connectivity index (χ0) is 12.3. The standard InChI is InChI=1S/C12H17NO3/c1-9-7-5-6-8-10(9)13(15)11(14)16-12(2,3)4/h5-8,15H,1-4H3. The molecule has 1 rings (SSSR count). The van der Waals surface area contributed by atoms with Gasteiger partial charge in [0.2, 0.25) is 0 Å². The van der Waals surface area contributed by atoms with Crippen molar-refractivity contribution < 1.29 is 14.7 Å². The molecule has 1 aromatic rings. The van der Waals surface area contributed by atoms with Crippen LogP contribution in [-0.2, 0) is 4.74 Å². The second kappa shape index (κ2) is 4.53. The number of carbonyl (C=O) groups excluding carboxylic acids is 1. The summed E-state index contributed by atoms with van der Waals surface area (Å²) >= 11 is 0. The predicted molar refractivity (Wildman–Crippen MR) is 61.7 cm³/mol. The Morgan fingerprint density at radius 1 is 1.31 bits per heavy atom. The molecule has 0 heterocycles. The van der Waals surface area contributed by atoms with Crippen molar-refractivity contribution in [2.75, 3.05) is 5.06 Å². The highest BCUT2D eigenvalue weighted by Crippen LogP contribution is 2.20. The van der Waals surface area contributed by atoms with Crippen molar-refractivity contribution in [3.8, 4) is 0 Å². The molecule has 4 heteroatoms. The minimum atomic E-state index is -0.776. The molecule has 0 aromatic heterocycles. The van der Waals surface area contributed by atoms with Crippen LogP contribution >= 0.6 is 0 Å². The second-order valence-corrected chi connectivity index (χ2v) is 4.58. The van der Waals surface area contributed by atoms with Crippen LogP contribution in [0.15, 0.2) is 24.3 Å². The summed E-state index contributed by atoms with van der Waals surface area (Å²) < 4.78 is 5.05. The number of anilines is 1. The van der Waals surface area contributed by atoms with Gasteiger partial charge in [0, 0.05) is 0 Å². The lowest BCUT2D eigenvalue weighted by Gasteiger charge is -2.23. The number of hydrogen-bond acceptors (Lipinski definition) is 3. The average Bonchev–Trinajstić information content (AvgIpc) is 2.15. The van der Waals surface area contributed by atoms with E-state index in [9.17, 15) is 10.0 Å². The summed E-state index contributed by atoms with van der Waals surface area (Å²) in [6, 6.07) is 7.04. The molecule has 0 unspecified atom stereocenters. The zero-order valence-corrected chi connectivity index (χ0v) is 10.0. The number of hydroxylamine groups is 1. The number of para-hydroxylation sites is 1. The average molecular weight is 223 g/mol. The van der Waals surface area contributed by atoms with Crippen molar-refractivity contribution in [1.82, 2.24) is 0 Å². The van der Waals surface area contributed by atoms with Crippen molar-refractivity contribution in [2.24, 2.45) is 0 Å². The number of carbonyl (C=O) groups is 1. The number of nitrogens with zero attached hydrogens (tertiary/aromatic N) is 1. The molecule has 0 atom stereocenters. The van der Waals surface area contributed by atoms with Crippen LogP contribution in [0.5, 0.6) is 0 Å². The number of rotatable bonds is 1. The molecule has 0 radical (unpaired) electrons. The molecule has 0 spiro atoms. The Kier molecular flexibility index (Phi) is 3.55. The third kappa shape index (κ3) is 3.24. The number of ether oxygens (including phenoxy) is 1. The maximum absolute atomic E-state index is 11.6. The Hall–Kier alpha value is -1.55. The van der Waals surface area contributed by atoms with Gasteiger partial charge in [-0.25, -0.2) is 4.79 Å². The van der Waals surface area contributed by atoms with E-state index in [0.717, 1.165) is 5.56 Å². The Morgan fingerprint density at radius 2 is 1.88 bits per heavy atom. The largest absolute Gasteiger partial charge is 0.442 e. The second-order valence-electron chi connectivity index (χ2n) is 4.58. The Balaban J connectivity index is 2.83. The van der Waals surface area contributed by atoms with Crippen LogP contribution in [-0.4, -0.2) is 16.9 Å². The lowest BCUT2D eigenvalue weighted by Crippen LogP contribution is -2.34. The highest BCUT2D eigenvalue weighted by molar-refractivity contribution is 5.86. The van der Waals surface area contributed by atoms with Crippen molar-refractivity contribution >= 4 is 11.8 Å². The van der Waals surface area contributed by atoms with Crippen LogP contribution in [0.1, 0.15) is 26.3 Å². The molecule has 0 bridgehead atoms. The molecule has 0 saturated heterocycles. The summed E-state index contributed by atoms with van der Waals surface area (Å²) in [5, 5.41) is 10.2. The lowest BCUT2D eigenvalue weighted by atomic mass is 10.2. The van der Waals surface area contributed by atoms with Crippen molar-refractivity contribution in [1.29, 1.82) is 0 Å². The normalized spacial score (nSPS) is 11.1. The van der Waals surface area contributed by atoms with Crippen LogP contribution in [0.4, 0.5) is 10.5 Å². The van der Waals surface area contributed by atoms with Gasteiger partial charge in [0.15, 0.2) is 0 Å². The van der Waals surface area contributed by atoms with Crippen LogP contribution in [0.3, 0.4) is 0 Å². The third-order valence-corrected chi connectivity index (χ3v) is 1.91. The minimum absolute atomic E-state index is 0.428. The number of amides is 1. The van der Waals surface area contributed by atoms with Gasteiger partial charge in [-0.15, -0.1) is 0 Å². The fraction of sp³-hybridized carbons (Fsp3) is 0.417. The van der Waals surface area contributed by atoms with E-state index in [1.165, 1.54) is 0 Å². The molecule has 1 aromatic carbocycles. The quantitative estimate of drug-likeness (QED) is 0.587. The van der Waals surface area contributed by atoms with Crippen LogP contribution < -0.4 is 5.06 Å². The smallest absolute Gasteiger partial charge is 0.439 e. The van der Waals surface area contributed by atoms with E-state index < -0.39 is 11.7 Å². The van der Waals surface area contributed by atoms with E-state index >= 15 is 0 Å². The first-order chi connectivity index (χ1) is 7.31. The summed E-state index contributed by atoms with van der Waals surface area (Å²) in [7, 11) is 0. The third-order valence-electron chi connectivity index (χ3n) is 1.91. The Bertz CT molecular complexity index is 382. The van der Waals surface area contributed by atoms with Gasteiger partial charge in [0.1, 0.15) is 5.60 Å². The molecule has 1 amide bonds. The molecule has 4 nitrogen and oxygen atoms in total. The van der Waals surface area contributed by atoms with E-state index in [2.05, 4.69) is 0 Å². The molecule has 0 saturated carbocycles. The molecular weight excluding hydrogens is 206 g/mol. The molecule has 1 N–H and O–H groups in total. The fourth-order valence-electron chi connectivity index (χ4n) is 1.20. The number of hydrogen-bond donors (Lipinski definition) is 1. The lowest BCUT2D eigenvalue weighted by molar-refractivity contribution is 0.0406. The van der Waals surface area contributed by atoms with E-state index in [0.29, 0.717) is 10.8 Å². The Morgan fingerprint density at radius 3 is 2.38 bits per heavy atom. The van der Waals surface area contributed by atoms with Crippen LogP contribution in [0.2, 0.25) is 0 Å². The maximum Gasteiger partial charge on any atom is 0.439 e. The van der Waals surface area contributed by atoms with Crippen LogP contribution in [0, 0.1) is 6.92 Å². The zero-order valence-electron chi connectivity index (χ0n) is 10.0. The molecule has 0 aliphatic heterocycles. The first-order valence-corrected chi connectivity index (χ1v) is 5.09. The summed E-state index contributed by atoms with van der Waals surface area (Å²) in [6.07, 6.45) is -0.776. The van der Waals surface area contributed by atoms with Gasteiger partial charge in [-0.1, -0.05) is 18.2 Å². The van der Waals surface area contributed by atoms with Gasteiger partial charge in [0.25, 0.3) is 0 Å². The van der Waals surface area contributed by atoms with Gasteiger partial charge in [-0.2, -0.15) is 5.06 Å². The SMILES string of the molecule is Cc1ccccc1N(O)C(=O)OC(C)(C)C. The van der Waals surface area contributed by atoms with E-state index in [1.807, 2.05) is 19.1 Å². The van der Waals surface area contributed by atoms with E-state index in [4.69, 9.17) is 4.74 Å². The monoisotopic (exact) mass is 223 g/mol. The summed E-state index contributed by atoms with van der Waals surface area (Å²) in [4.78, 5) is 11.6. The number of aryl methyl sites for hydroxylation is 1. The molecule has 0 aliphatic carbocycles. The van der Waals surface area contributed by atoms with Gasteiger partial charge in [-0.05, 0) is 39.3 Å². The Labute approximate surface area is 95.4 Å². The van der Waals surface area contributed by atoms with Gasteiger partial charge in [0.05, 0.1) is 5.69 Å². The predicted octanol–water partition coefficient (Wildman–Crippen LogP) is 3.13. The van der Waals surface area contributed by atoms with Crippen LogP contribution in [0.25, 0.3) is 0 Å². The molecule has 88 valence electrons. The molecule has 0 aliphatic rings. The highest BCUT2D eigenvalue weighted by Gasteiger charge is 2.22. The van der Waals surface area contributed by atoms with Gasteiger partial charge < -0.3 is 4.74 Å². The molecule has 16 heavy (non-hydrogen) atoms. The van der Waals surface area contributed by atoms with Crippen molar-refractivity contribution in [3.63, 3.8) is 0 Å². The molecular formula is C12H17NO3.